The van der Waals surface area contributed by atoms with Crippen LogP contribution in [0.4, 0.5) is 0 Å². The monoisotopic (exact) mass is 357 g/mol. The normalized spacial score (nSPS) is 9.24. The van der Waals surface area contributed by atoms with E-state index in [1.54, 1.807) is 0 Å². The first-order valence-electron chi connectivity index (χ1n) is 7.06. The van der Waals surface area contributed by atoms with Crippen molar-refractivity contribution in [3.63, 3.8) is 0 Å². The average molecular weight is 359 g/mol. The highest BCUT2D eigenvalue weighted by Gasteiger charge is 2.00. The van der Waals surface area contributed by atoms with E-state index in [0.717, 1.165) is 26.2 Å². The molecule has 6 heteroatoms. The summed E-state index contributed by atoms with van der Waals surface area (Å²) in [6.07, 6.45) is 3.72. The second kappa shape index (κ2) is 18.0. The number of rotatable bonds is 10. The molecule has 0 aliphatic carbocycles. The van der Waals surface area contributed by atoms with Gasteiger partial charge in [0.05, 0.1) is 0 Å². The lowest BCUT2D eigenvalue weighted by Crippen LogP contribution is -2.30. The van der Waals surface area contributed by atoms with E-state index >= 15 is 0 Å². The van der Waals surface area contributed by atoms with E-state index in [9.17, 15) is 0 Å². The summed E-state index contributed by atoms with van der Waals surface area (Å²) in [5.74, 6) is 0. The van der Waals surface area contributed by atoms with Crippen molar-refractivity contribution in [2.24, 2.45) is 5.73 Å². The molecule has 0 aromatic heterocycles. The van der Waals surface area contributed by atoms with Crippen molar-refractivity contribution in [1.82, 2.24) is 10.6 Å². The highest BCUT2D eigenvalue weighted by Crippen LogP contribution is 2.11. The zero-order valence-corrected chi connectivity index (χ0v) is 15.2. The Kier molecular flexibility index (Phi) is 22.2. The van der Waals surface area contributed by atoms with Gasteiger partial charge in [-0.2, -0.15) is 0 Å². The quantitative estimate of drug-likeness (QED) is 0.564. The molecule has 0 atom stereocenters. The van der Waals surface area contributed by atoms with Gasteiger partial charge < -0.3 is 16.4 Å². The van der Waals surface area contributed by atoms with E-state index in [-0.39, 0.29) is 37.2 Å². The van der Waals surface area contributed by atoms with Gasteiger partial charge in [-0.25, -0.2) is 0 Å². The Labute approximate surface area is 148 Å². The van der Waals surface area contributed by atoms with E-state index in [4.69, 9.17) is 5.73 Å². The van der Waals surface area contributed by atoms with E-state index in [1.807, 2.05) is 0 Å². The van der Waals surface area contributed by atoms with Crippen molar-refractivity contribution in [1.29, 1.82) is 0 Å². The topological polar surface area (TPSA) is 50.1 Å². The van der Waals surface area contributed by atoms with Crippen LogP contribution >= 0.6 is 37.2 Å². The molecule has 0 unspecified atom stereocenters. The molecular formula is C15H30Cl3N3. The zero-order chi connectivity index (χ0) is 13.1. The molecule has 0 radical (unpaired) electrons. The van der Waals surface area contributed by atoms with Crippen LogP contribution in [0.3, 0.4) is 0 Å². The number of hydrogen-bond donors (Lipinski definition) is 3. The maximum Gasteiger partial charge on any atom is 0.0208 e. The van der Waals surface area contributed by atoms with Crippen molar-refractivity contribution in [2.45, 2.75) is 32.7 Å². The van der Waals surface area contributed by atoms with E-state index in [0.29, 0.717) is 6.54 Å². The number of unbranched alkanes of at least 4 members (excludes halogenated alkanes) is 1. The molecule has 0 bridgehead atoms. The van der Waals surface area contributed by atoms with Gasteiger partial charge in [-0.05, 0) is 24.0 Å². The minimum atomic E-state index is 0. The summed E-state index contributed by atoms with van der Waals surface area (Å²) in [5, 5.41) is 6.76. The number of benzene rings is 1. The van der Waals surface area contributed by atoms with Gasteiger partial charge in [0.2, 0.25) is 0 Å². The molecule has 0 fully saturated rings. The fourth-order valence-electron chi connectivity index (χ4n) is 1.97. The van der Waals surface area contributed by atoms with Gasteiger partial charge in [-0.15, -0.1) is 37.2 Å². The van der Waals surface area contributed by atoms with Crippen LogP contribution in [0.5, 0.6) is 0 Å². The molecular weight excluding hydrogens is 329 g/mol. The third-order valence-electron chi connectivity index (χ3n) is 3.03. The van der Waals surface area contributed by atoms with Gasteiger partial charge in [-0.1, -0.05) is 37.6 Å². The average Bonchev–Trinajstić information content (AvgIpc) is 2.41. The summed E-state index contributed by atoms with van der Waals surface area (Å²) in [5.41, 5.74) is 8.34. The Bertz CT molecular complexity index is 325. The summed E-state index contributed by atoms with van der Waals surface area (Å²) < 4.78 is 0. The number of aryl methyl sites for hydroxylation is 1. The fraction of sp³-hybridized carbons (Fsp3) is 0.600. The predicted octanol–water partition coefficient (Wildman–Crippen LogP) is 2.93. The highest BCUT2D eigenvalue weighted by molar-refractivity contribution is 5.86. The van der Waals surface area contributed by atoms with Gasteiger partial charge in [-0.3, -0.25) is 0 Å². The van der Waals surface area contributed by atoms with Gasteiger partial charge in [0.1, 0.15) is 0 Å². The van der Waals surface area contributed by atoms with Crippen LogP contribution in [0.1, 0.15) is 30.9 Å². The third kappa shape index (κ3) is 12.2. The first-order chi connectivity index (χ1) is 8.88. The number of nitrogens with two attached hydrogens (primary N) is 1. The lowest BCUT2D eigenvalue weighted by molar-refractivity contribution is 0.612. The summed E-state index contributed by atoms with van der Waals surface area (Å²) in [4.78, 5) is 0. The molecule has 0 amide bonds. The Morgan fingerprint density at radius 3 is 2.14 bits per heavy atom. The standard InChI is InChI=1S/C15H27N3.3ClH/c1-2-3-6-14-7-4-5-8-15(14)13-18-12-11-17-10-9-16;;;/h4-5,7-8,17-18H,2-3,6,9-13,16H2,1H3;3*1H. The van der Waals surface area contributed by atoms with Crippen molar-refractivity contribution in [3.05, 3.63) is 35.4 Å². The second-order valence-corrected chi connectivity index (χ2v) is 4.59. The van der Waals surface area contributed by atoms with E-state index < -0.39 is 0 Å². The van der Waals surface area contributed by atoms with Crippen molar-refractivity contribution in [3.8, 4) is 0 Å². The molecule has 126 valence electrons. The van der Waals surface area contributed by atoms with Gasteiger partial charge in [0.15, 0.2) is 0 Å². The molecule has 0 heterocycles. The molecule has 21 heavy (non-hydrogen) atoms. The summed E-state index contributed by atoms with van der Waals surface area (Å²) >= 11 is 0. The lowest BCUT2D eigenvalue weighted by Gasteiger charge is -2.10. The Morgan fingerprint density at radius 2 is 1.52 bits per heavy atom. The van der Waals surface area contributed by atoms with Crippen molar-refractivity contribution in [2.75, 3.05) is 26.2 Å². The Balaban J connectivity index is -0.00000108. The second-order valence-electron chi connectivity index (χ2n) is 4.59. The molecule has 0 spiro atoms. The highest BCUT2D eigenvalue weighted by atomic mass is 35.5. The van der Waals surface area contributed by atoms with Crippen LogP contribution in [-0.4, -0.2) is 26.2 Å². The van der Waals surface area contributed by atoms with Crippen molar-refractivity contribution < 1.29 is 0 Å². The van der Waals surface area contributed by atoms with Crippen LogP contribution in [-0.2, 0) is 13.0 Å². The van der Waals surface area contributed by atoms with Gasteiger partial charge >= 0.3 is 0 Å². The first kappa shape index (κ1) is 25.9. The van der Waals surface area contributed by atoms with Crippen LogP contribution in [0.2, 0.25) is 0 Å². The summed E-state index contributed by atoms with van der Waals surface area (Å²) in [6.45, 7) is 6.78. The third-order valence-corrected chi connectivity index (χ3v) is 3.03. The lowest BCUT2D eigenvalue weighted by atomic mass is 10.0. The van der Waals surface area contributed by atoms with Gasteiger partial charge in [0.25, 0.3) is 0 Å². The van der Waals surface area contributed by atoms with Crippen LogP contribution in [0, 0.1) is 0 Å². The maximum atomic E-state index is 5.42. The summed E-state index contributed by atoms with van der Waals surface area (Å²) in [6, 6.07) is 8.74. The van der Waals surface area contributed by atoms with E-state index in [1.165, 1.54) is 30.4 Å². The van der Waals surface area contributed by atoms with E-state index in [2.05, 4.69) is 41.8 Å². The van der Waals surface area contributed by atoms with Gasteiger partial charge in [0, 0.05) is 32.7 Å². The SMILES string of the molecule is CCCCc1ccccc1CNCCNCCN.Cl.Cl.Cl. The van der Waals surface area contributed by atoms with Crippen LogP contribution in [0.15, 0.2) is 24.3 Å². The zero-order valence-electron chi connectivity index (χ0n) is 12.8. The molecule has 1 rings (SSSR count). The number of nitrogens with one attached hydrogen (secondary N) is 2. The molecule has 1 aromatic carbocycles. The Morgan fingerprint density at radius 1 is 0.905 bits per heavy atom. The molecule has 4 N–H and O–H groups in total. The largest absolute Gasteiger partial charge is 0.329 e. The molecule has 0 aliphatic rings. The minimum Gasteiger partial charge on any atom is -0.329 e. The summed E-state index contributed by atoms with van der Waals surface area (Å²) in [7, 11) is 0. The molecule has 0 saturated heterocycles. The van der Waals surface area contributed by atoms with Crippen LogP contribution < -0.4 is 16.4 Å². The van der Waals surface area contributed by atoms with Crippen molar-refractivity contribution >= 4 is 37.2 Å². The number of halogens is 3. The predicted molar refractivity (Wildman–Crippen MR) is 100 cm³/mol. The molecule has 0 saturated carbocycles. The molecule has 3 nitrogen and oxygen atoms in total. The minimum absolute atomic E-state index is 0. The van der Waals surface area contributed by atoms with Crippen LogP contribution in [0.25, 0.3) is 0 Å². The first-order valence-corrected chi connectivity index (χ1v) is 7.06. The molecule has 1 aromatic rings. The Hall–Kier alpha value is -0.0300. The fourth-order valence-corrected chi connectivity index (χ4v) is 1.97. The number of hydrogen-bond acceptors (Lipinski definition) is 3. The maximum absolute atomic E-state index is 5.42. The molecule has 0 aliphatic heterocycles. The smallest absolute Gasteiger partial charge is 0.0208 e.